The van der Waals surface area contributed by atoms with E-state index in [1.54, 1.807) is 7.11 Å². The fraction of sp³-hybridized carbons (Fsp3) is 0.276. The van der Waals surface area contributed by atoms with Gasteiger partial charge in [0.1, 0.15) is 12.3 Å². The van der Waals surface area contributed by atoms with Crippen molar-refractivity contribution in [2.45, 2.75) is 31.9 Å². The second kappa shape index (κ2) is 11.1. The number of benzene rings is 3. The molecule has 1 amide bonds. The lowest BCUT2D eigenvalue weighted by Gasteiger charge is -2.17. The van der Waals surface area contributed by atoms with E-state index in [4.69, 9.17) is 9.47 Å². The van der Waals surface area contributed by atoms with Crippen molar-refractivity contribution < 1.29 is 14.3 Å². The fourth-order valence-corrected chi connectivity index (χ4v) is 4.51. The highest BCUT2D eigenvalue weighted by Crippen LogP contribution is 2.30. The van der Waals surface area contributed by atoms with Crippen molar-refractivity contribution in [3.8, 4) is 22.8 Å². The summed E-state index contributed by atoms with van der Waals surface area (Å²) >= 11 is 0. The Bertz CT molecular complexity index is 1290. The van der Waals surface area contributed by atoms with Gasteiger partial charge in [0, 0.05) is 25.1 Å². The Hall–Kier alpha value is -4.13. The molecule has 0 saturated carbocycles. The lowest BCUT2D eigenvalue weighted by atomic mass is 10.1. The summed E-state index contributed by atoms with van der Waals surface area (Å²) in [5.74, 6) is 1.53. The SMILES string of the molecule is COc1ccc(CCC(=O)N2CCC(n3cc(-c4ccccc4)nn3)C2)cc1OCc1ccccc1. The first kappa shape index (κ1) is 23.6. The Labute approximate surface area is 211 Å². The van der Waals surface area contributed by atoms with E-state index in [0.29, 0.717) is 37.5 Å². The normalized spacial score (nSPS) is 15.1. The minimum absolute atomic E-state index is 0.151. The van der Waals surface area contributed by atoms with E-state index < -0.39 is 0 Å². The van der Waals surface area contributed by atoms with Crippen LogP contribution in [0.2, 0.25) is 0 Å². The molecule has 1 saturated heterocycles. The van der Waals surface area contributed by atoms with Gasteiger partial charge in [0.15, 0.2) is 11.5 Å². The van der Waals surface area contributed by atoms with Crippen LogP contribution < -0.4 is 9.47 Å². The Morgan fingerprint density at radius 3 is 2.53 bits per heavy atom. The number of methoxy groups -OCH3 is 1. The number of carbonyl (C=O) groups is 1. The molecule has 36 heavy (non-hydrogen) atoms. The third-order valence-electron chi connectivity index (χ3n) is 6.56. The van der Waals surface area contributed by atoms with Crippen LogP contribution in [0.5, 0.6) is 11.5 Å². The van der Waals surface area contributed by atoms with Gasteiger partial charge in [0.25, 0.3) is 0 Å². The third-order valence-corrected chi connectivity index (χ3v) is 6.56. The van der Waals surface area contributed by atoms with Gasteiger partial charge in [-0.1, -0.05) is 71.9 Å². The van der Waals surface area contributed by atoms with Crippen molar-refractivity contribution >= 4 is 5.91 Å². The van der Waals surface area contributed by atoms with E-state index in [1.165, 1.54) is 0 Å². The maximum atomic E-state index is 13.0. The van der Waals surface area contributed by atoms with E-state index in [2.05, 4.69) is 10.3 Å². The highest BCUT2D eigenvalue weighted by atomic mass is 16.5. The van der Waals surface area contributed by atoms with Crippen LogP contribution in [0.25, 0.3) is 11.3 Å². The summed E-state index contributed by atoms with van der Waals surface area (Å²) in [5, 5.41) is 8.65. The molecule has 0 radical (unpaired) electrons. The molecule has 7 nitrogen and oxygen atoms in total. The van der Waals surface area contributed by atoms with Gasteiger partial charge >= 0.3 is 0 Å². The zero-order chi connectivity index (χ0) is 24.7. The van der Waals surface area contributed by atoms with Gasteiger partial charge in [0.2, 0.25) is 5.91 Å². The summed E-state index contributed by atoms with van der Waals surface area (Å²) in [5.41, 5.74) is 4.03. The molecule has 1 aromatic heterocycles. The summed E-state index contributed by atoms with van der Waals surface area (Å²) in [6.07, 6.45) is 3.95. The first-order valence-electron chi connectivity index (χ1n) is 12.3. The van der Waals surface area contributed by atoms with Crippen LogP contribution in [0, 0.1) is 0 Å². The second-order valence-corrected chi connectivity index (χ2v) is 8.99. The highest BCUT2D eigenvalue weighted by molar-refractivity contribution is 5.76. The maximum absolute atomic E-state index is 13.0. The largest absolute Gasteiger partial charge is 0.493 e. The summed E-state index contributed by atoms with van der Waals surface area (Å²) in [4.78, 5) is 14.9. The molecule has 1 aliphatic rings. The maximum Gasteiger partial charge on any atom is 0.222 e. The van der Waals surface area contributed by atoms with Crippen molar-refractivity contribution in [3.05, 3.63) is 96.2 Å². The number of aromatic nitrogens is 3. The van der Waals surface area contributed by atoms with Crippen molar-refractivity contribution in [2.75, 3.05) is 20.2 Å². The lowest BCUT2D eigenvalue weighted by molar-refractivity contribution is -0.130. The Morgan fingerprint density at radius 1 is 0.972 bits per heavy atom. The number of hydrogen-bond donors (Lipinski definition) is 0. The average Bonchev–Trinajstić information content (AvgIpc) is 3.62. The molecule has 4 aromatic rings. The summed E-state index contributed by atoms with van der Waals surface area (Å²) in [6.45, 7) is 1.85. The lowest BCUT2D eigenvalue weighted by Crippen LogP contribution is -2.29. The van der Waals surface area contributed by atoms with Gasteiger partial charge in [-0.15, -0.1) is 5.10 Å². The molecule has 1 unspecified atom stereocenters. The number of aryl methyl sites for hydroxylation is 1. The molecule has 1 fully saturated rings. The standard InChI is InChI=1S/C29H30N4O3/c1-35-27-14-12-22(18-28(27)36-21-23-8-4-2-5-9-23)13-15-29(34)32-17-16-25(19-32)33-20-26(30-31-33)24-10-6-3-7-11-24/h2-12,14,18,20,25H,13,15-17,19,21H2,1H3. The van der Waals surface area contributed by atoms with Crippen LogP contribution in [0.1, 0.15) is 30.0 Å². The first-order chi connectivity index (χ1) is 17.7. The predicted octanol–water partition coefficient (Wildman–Crippen LogP) is 4.94. The van der Waals surface area contributed by atoms with Gasteiger partial charge in [-0.3, -0.25) is 4.79 Å². The number of likely N-dealkylation sites (tertiary alicyclic amines) is 1. The van der Waals surface area contributed by atoms with Crippen LogP contribution in [0.3, 0.4) is 0 Å². The summed E-state index contributed by atoms with van der Waals surface area (Å²) in [7, 11) is 1.63. The first-order valence-corrected chi connectivity index (χ1v) is 12.3. The molecule has 0 bridgehead atoms. The van der Waals surface area contributed by atoms with Gasteiger partial charge in [0.05, 0.1) is 19.3 Å². The van der Waals surface area contributed by atoms with Crippen LogP contribution in [0.15, 0.2) is 85.1 Å². The quantitative estimate of drug-likeness (QED) is 0.338. The third kappa shape index (κ3) is 5.57. The Balaban J connectivity index is 1.16. The van der Waals surface area contributed by atoms with E-state index in [0.717, 1.165) is 35.3 Å². The van der Waals surface area contributed by atoms with E-state index in [9.17, 15) is 4.79 Å². The second-order valence-electron chi connectivity index (χ2n) is 8.99. The van der Waals surface area contributed by atoms with Crippen LogP contribution in [-0.2, 0) is 17.8 Å². The summed E-state index contributed by atoms with van der Waals surface area (Å²) in [6, 6.07) is 26.1. The van der Waals surface area contributed by atoms with Gasteiger partial charge in [-0.25, -0.2) is 4.68 Å². The molecular formula is C29H30N4O3. The number of hydrogen-bond acceptors (Lipinski definition) is 5. The molecule has 3 aromatic carbocycles. The van der Waals surface area contributed by atoms with Crippen LogP contribution >= 0.6 is 0 Å². The number of nitrogens with zero attached hydrogens (tertiary/aromatic N) is 4. The smallest absolute Gasteiger partial charge is 0.222 e. The molecule has 2 heterocycles. The van der Waals surface area contributed by atoms with E-state index in [-0.39, 0.29) is 11.9 Å². The minimum Gasteiger partial charge on any atom is -0.493 e. The molecule has 5 rings (SSSR count). The average molecular weight is 483 g/mol. The van der Waals surface area contributed by atoms with Gasteiger partial charge in [-0.2, -0.15) is 0 Å². The van der Waals surface area contributed by atoms with Crippen molar-refractivity contribution in [2.24, 2.45) is 0 Å². The van der Waals surface area contributed by atoms with Crippen LogP contribution in [0.4, 0.5) is 0 Å². The van der Waals surface area contributed by atoms with Gasteiger partial charge < -0.3 is 14.4 Å². The molecule has 0 N–H and O–H groups in total. The molecule has 184 valence electrons. The Morgan fingerprint density at radius 2 is 1.75 bits per heavy atom. The molecule has 0 spiro atoms. The van der Waals surface area contributed by atoms with Crippen molar-refractivity contribution in [3.63, 3.8) is 0 Å². The van der Waals surface area contributed by atoms with Gasteiger partial charge in [-0.05, 0) is 36.1 Å². The van der Waals surface area contributed by atoms with Crippen molar-refractivity contribution in [1.29, 1.82) is 0 Å². The highest BCUT2D eigenvalue weighted by Gasteiger charge is 2.28. The number of amides is 1. The zero-order valence-electron chi connectivity index (χ0n) is 20.4. The monoisotopic (exact) mass is 482 g/mol. The molecule has 1 aliphatic heterocycles. The number of ether oxygens (including phenoxy) is 2. The molecule has 1 atom stereocenters. The minimum atomic E-state index is 0.151. The van der Waals surface area contributed by atoms with Crippen molar-refractivity contribution in [1.82, 2.24) is 19.9 Å². The molecular weight excluding hydrogens is 452 g/mol. The number of rotatable bonds is 9. The Kier molecular flexibility index (Phi) is 7.26. The zero-order valence-corrected chi connectivity index (χ0v) is 20.4. The summed E-state index contributed by atoms with van der Waals surface area (Å²) < 4.78 is 13.4. The van der Waals surface area contributed by atoms with Crippen LogP contribution in [-0.4, -0.2) is 46.0 Å². The van der Waals surface area contributed by atoms with E-state index in [1.807, 2.05) is 94.6 Å². The number of carbonyl (C=O) groups excluding carboxylic acids is 1. The topological polar surface area (TPSA) is 69.5 Å². The fourth-order valence-electron chi connectivity index (χ4n) is 4.51. The molecule has 0 aliphatic carbocycles. The van der Waals surface area contributed by atoms with E-state index >= 15 is 0 Å². The predicted molar refractivity (Wildman–Crippen MR) is 138 cm³/mol. The molecule has 7 heteroatoms.